The van der Waals surface area contributed by atoms with Crippen LogP contribution in [0.4, 0.5) is 0 Å². The second-order valence-corrected chi connectivity index (χ2v) is 27.5. The predicted molar refractivity (Wildman–Crippen MR) is 349 cm³/mol. The minimum Gasteiger partial charge on any atom is -0.756 e. The molecular formula is C71H141N2O7P. The van der Waals surface area contributed by atoms with Crippen LogP contribution in [0.25, 0.3) is 0 Å². The summed E-state index contributed by atoms with van der Waals surface area (Å²) in [4.78, 5) is 40.1. The average Bonchev–Trinajstić information content (AvgIpc) is 3.44. The average molecular weight is 1170 g/mol. The number of carbonyl (C=O) groups excluding carboxylic acids is 2. The number of hydrogen-bond acceptors (Lipinski definition) is 7. The number of quaternary nitrogens is 1. The Morgan fingerprint density at radius 1 is 0.420 bits per heavy atom. The highest BCUT2D eigenvalue weighted by Gasteiger charge is 2.27. The first-order valence-corrected chi connectivity index (χ1v) is 37.5. The van der Waals surface area contributed by atoms with Gasteiger partial charge in [-0.1, -0.05) is 348 Å². The molecular weight excluding hydrogens is 1020 g/mol. The summed E-state index contributed by atoms with van der Waals surface area (Å²) in [6.45, 7) is 6.92. The van der Waals surface area contributed by atoms with Crippen molar-refractivity contribution in [2.24, 2.45) is 0 Å². The number of hydrogen-bond donors (Lipinski definition) is 1. The monoisotopic (exact) mass is 1170 g/mol. The van der Waals surface area contributed by atoms with Gasteiger partial charge in [0, 0.05) is 12.8 Å². The summed E-state index contributed by atoms with van der Waals surface area (Å²) < 4.78 is 30.5. The topological polar surface area (TPSA) is 114 Å². The van der Waals surface area contributed by atoms with Gasteiger partial charge in [-0.25, -0.2) is 0 Å². The lowest BCUT2D eigenvalue weighted by Gasteiger charge is -2.30. The molecule has 0 rings (SSSR count). The highest BCUT2D eigenvalue weighted by Crippen LogP contribution is 2.38. The van der Waals surface area contributed by atoms with Gasteiger partial charge in [0.1, 0.15) is 19.3 Å². The predicted octanol–water partition coefficient (Wildman–Crippen LogP) is 22.1. The van der Waals surface area contributed by atoms with Gasteiger partial charge in [0.15, 0.2) is 0 Å². The van der Waals surface area contributed by atoms with Crippen molar-refractivity contribution in [1.29, 1.82) is 0 Å². The van der Waals surface area contributed by atoms with Crippen molar-refractivity contribution >= 4 is 19.7 Å². The summed E-state index contributed by atoms with van der Waals surface area (Å²) in [6, 6.07) is -0.880. The fourth-order valence-corrected chi connectivity index (χ4v) is 11.9. The van der Waals surface area contributed by atoms with Crippen LogP contribution in [0.1, 0.15) is 380 Å². The minimum absolute atomic E-state index is 0.0164. The number of rotatable bonds is 67. The van der Waals surface area contributed by atoms with Crippen molar-refractivity contribution in [3.63, 3.8) is 0 Å². The Kier molecular flexibility index (Phi) is 60.9. The summed E-state index contributed by atoms with van der Waals surface area (Å²) in [6.07, 6.45) is 73.4. The molecule has 3 unspecified atom stereocenters. The van der Waals surface area contributed by atoms with Crippen LogP contribution < -0.4 is 10.2 Å². The van der Waals surface area contributed by atoms with Gasteiger partial charge in [-0.05, 0) is 31.8 Å². The molecule has 10 heteroatoms. The van der Waals surface area contributed by atoms with E-state index in [0.29, 0.717) is 17.4 Å². The molecule has 0 radical (unpaired) electrons. The Labute approximate surface area is 505 Å². The van der Waals surface area contributed by atoms with Crippen LogP contribution in [0.5, 0.6) is 0 Å². The number of phosphoric ester groups is 1. The number of esters is 1. The molecule has 1 amide bonds. The minimum atomic E-state index is -4.69. The molecule has 0 saturated heterocycles. The van der Waals surface area contributed by atoms with Crippen LogP contribution in [-0.4, -0.2) is 69.4 Å². The van der Waals surface area contributed by atoms with E-state index >= 15 is 0 Å². The standard InChI is InChI=1S/C71H141N2O7P/c1-7-10-13-16-19-22-25-28-30-31-32-33-34-35-36-37-38-39-40-41-43-46-49-52-55-58-61-64-71(75)80-69(62-59-56-53-50-47-44-27-24-21-18-15-12-9-3)68(67-79-81(76,77)78-66-65-73(4,5)6)72-70(74)63-60-57-54-51-48-45-42-29-26-23-20-17-14-11-8-2/h59,62,68-69H,7-58,60-61,63-67H2,1-6H3,(H-,72,74,76,77)/b62-59-. The van der Waals surface area contributed by atoms with E-state index in [2.05, 4.69) is 26.1 Å². The van der Waals surface area contributed by atoms with Crippen LogP contribution in [0.3, 0.4) is 0 Å². The lowest BCUT2D eigenvalue weighted by molar-refractivity contribution is -0.870. The number of carbonyl (C=O) groups is 2. The Balaban J connectivity index is 4.96. The van der Waals surface area contributed by atoms with Gasteiger partial charge in [-0.2, -0.15) is 0 Å². The summed E-state index contributed by atoms with van der Waals surface area (Å²) in [5, 5.41) is 3.05. The Morgan fingerprint density at radius 3 is 1.01 bits per heavy atom. The molecule has 0 bridgehead atoms. The number of nitrogens with one attached hydrogen (secondary N) is 1. The summed E-state index contributed by atoms with van der Waals surface area (Å²) in [5.41, 5.74) is 0. The number of allylic oxidation sites excluding steroid dienone is 1. The molecule has 0 aromatic heterocycles. The molecule has 0 aliphatic rings. The summed E-state index contributed by atoms with van der Waals surface area (Å²) in [7, 11) is 1.21. The number of phosphoric acid groups is 1. The maximum atomic E-state index is 13.6. The zero-order valence-electron chi connectivity index (χ0n) is 55.3. The zero-order chi connectivity index (χ0) is 59.3. The van der Waals surface area contributed by atoms with Crippen LogP contribution in [0, 0.1) is 0 Å². The van der Waals surface area contributed by atoms with E-state index in [1.54, 1.807) is 0 Å². The Morgan fingerprint density at radius 2 is 0.704 bits per heavy atom. The quantitative estimate of drug-likeness (QED) is 0.0212. The second-order valence-electron chi connectivity index (χ2n) is 26.1. The van der Waals surface area contributed by atoms with Crippen LogP contribution in [0.2, 0.25) is 0 Å². The molecule has 0 aromatic carbocycles. The first kappa shape index (κ1) is 79.8. The number of amides is 1. The maximum absolute atomic E-state index is 13.6. The molecule has 81 heavy (non-hydrogen) atoms. The number of ether oxygens (including phenoxy) is 1. The lowest BCUT2D eigenvalue weighted by atomic mass is 10.0. The highest BCUT2D eigenvalue weighted by molar-refractivity contribution is 7.45. The largest absolute Gasteiger partial charge is 0.756 e. The maximum Gasteiger partial charge on any atom is 0.306 e. The SMILES string of the molecule is CCCCCCCCCCCCC/C=C\C(OC(=O)CCCCCCCCCCCCCCCCCCCCCCCCCCCCC)C(COP(=O)([O-])OCC[N+](C)(C)C)NC(=O)CCCCCCCCCCCCCCCCC. The fourth-order valence-electron chi connectivity index (χ4n) is 11.2. The van der Waals surface area contributed by atoms with E-state index < -0.39 is 20.0 Å². The molecule has 0 aromatic rings. The zero-order valence-corrected chi connectivity index (χ0v) is 56.2. The smallest absolute Gasteiger partial charge is 0.306 e. The summed E-state index contributed by atoms with van der Waals surface area (Å²) in [5.74, 6) is -0.513. The van der Waals surface area contributed by atoms with Gasteiger partial charge < -0.3 is 28.5 Å². The van der Waals surface area contributed by atoms with E-state index in [1.165, 1.54) is 289 Å². The number of unbranched alkanes of at least 4 members (excludes halogenated alkanes) is 51. The number of nitrogens with zero attached hydrogens (tertiary/aromatic N) is 1. The van der Waals surface area contributed by atoms with E-state index in [-0.39, 0.29) is 31.5 Å². The third-order valence-corrected chi connectivity index (χ3v) is 17.7. The molecule has 0 spiro atoms. The molecule has 0 heterocycles. The van der Waals surface area contributed by atoms with Crippen molar-refractivity contribution in [3.05, 3.63) is 12.2 Å². The van der Waals surface area contributed by atoms with Gasteiger partial charge in [0.05, 0.1) is 33.8 Å². The van der Waals surface area contributed by atoms with Crippen molar-refractivity contribution in [3.8, 4) is 0 Å². The first-order chi connectivity index (χ1) is 39.4. The molecule has 1 N–H and O–H groups in total. The Hall–Kier alpha value is -1.25. The van der Waals surface area contributed by atoms with E-state index in [4.69, 9.17) is 13.8 Å². The van der Waals surface area contributed by atoms with Gasteiger partial charge in [-0.3, -0.25) is 14.2 Å². The molecule has 0 aliphatic heterocycles. The van der Waals surface area contributed by atoms with E-state index in [9.17, 15) is 19.0 Å². The van der Waals surface area contributed by atoms with Gasteiger partial charge >= 0.3 is 5.97 Å². The first-order valence-electron chi connectivity index (χ1n) is 36.0. The van der Waals surface area contributed by atoms with E-state index in [1.807, 2.05) is 33.3 Å². The van der Waals surface area contributed by atoms with Crippen LogP contribution >= 0.6 is 7.82 Å². The molecule has 3 atom stereocenters. The van der Waals surface area contributed by atoms with Gasteiger partial charge in [-0.15, -0.1) is 0 Å². The van der Waals surface area contributed by atoms with Crippen molar-refractivity contribution in [2.75, 3.05) is 40.9 Å². The Bertz CT molecular complexity index is 1390. The second kappa shape index (κ2) is 61.8. The van der Waals surface area contributed by atoms with Crippen LogP contribution in [0.15, 0.2) is 12.2 Å². The normalized spacial score (nSPS) is 13.5. The molecule has 0 aliphatic carbocycles. The van der Waals surface area contributed by atoms with Gasteiger partial charge in [0.2, 0.25) is 5.91 Å². The summed E-state index contributed by atoms with van der Waals surface area (Å²) >= 11 is 0. The van der Waals surface area contributed by atoms with Crippen molar-refractivity contribution < 1.29 is 37.3 Å². The highest BCUT2D eigenvalue weighted by atomic mass is 31.2. The van der Waals surface area contributed by atoms with Crippen molar-refractivity contribution in [2.45, 2.75) is 392 Å². The molecule has 9 nitrogen and oxygen atoms in total. The van der Waals surface area contributed by atoms with Gasteiger partial charge in [0.25, 0.3) is 7.82 Å². The third kappa shape index (κ3) is 63.1. The molecule has 482 valence electrons. The number of likely N-dealkylation sites (N-methyl/N-ethyl adjacent to an activating group) is 1. The van der Waals surface area contributed by atoms with Crippen LogP contribution in [-0.2, 0) is 27.9 Å². The fraction of sp³-hybridized carbons (Fsp3) is 0.944. The lowest BCUT2D eigenvalue weighted by Crippen LogP contribution is -2.47. The van der Waals surface area contributed by atoms with E-state index in [0.717, 1.165) is 57.8 Å². The molecule has 0 saturated carbocycles. The van der Waals surface area contributed by atoms with Crippen molar-refractivity contribution in [1.82, 2.24) is 5.32 Å². The molecule has 0 fully saturated rings. The third-order valence-electron chi connectivity index (χ3n) is 16.7.